The number of ether oxygens (including phenoxy) is 1. The highest BCUT2D eigenvalue weighted by atomic mass is 127. The van der Waals surface area contributed by atoms with Crippen LogP contribution in [-0.4, -0.2) is 72.5 Å². The molecule has 0 aliphatic carbocycles. The van der Waals surface area contributed by atoms with Crippen LogP contribution in [0.1, 0.15) is 24.5 Å². The molecule has 0 amide bonds. The maximum Gasteiger partial charge on any atom is 0.191 e. The van der Waals surface area contributed by atoms with Crippen molar-refractivity contribution in [2.45, 2.75) is 31.7 Å². The third kappa shape index (κ3) is 12.3. The Bertz CT molecular complexity index is 745. The lowest BCUT2D eigenvalue weighted by Gasteiger charge is -2.21. The van der Waals surface area contributed by atoms with Crippen molar-refractivity contribution in [2.75, 3.05) is 47.1 Å². The Balaban J connectivity index is 0.00000784. The van der Waals surface area contributed by atoms with Crippen LogP contribution in [-0.2, 0) is 26.9 Å². The quantitative estimate of drug-likeness (QED) is 0.252. The molecule has 0 saturated carbocycles. The molecule has 1 unspecified atom stereocenters. The summed E-state index contributed by atoms with van der Waals surface area (Å²) >= 11 is 0. The molecular weight excluding hydrogens is 510 g/mol. The van der Waals surface area contributed by atoms with E-state index in [4.69, 9.17) is 4.74 Å². The van der Waals surface area contributed by atoms with E-state index in [0.717, 1.165) is 19.2 Å². The molecule has 0 radical (unpaired) electrons. The summed E-state index contributed by atoms with van der Waals surface area (Å²) < 4.78 is 42.6. The molecular formula is C19H34FIN4O3S. The van der Waals surface area contributed by atoms with E-state index < -0.39 is 15.7 Å². The smallest absolute Gasteiger partial charge is 0.191 e. The largest absolute Gasteiger partial charge is 0.377 e. The molecule has 29 heavy (non-hydrogen) atoms. The number of nitrogens with zero attached hydrogens (tertiary/aromatic N) is 2. The number of nitrogens with one attached hydrogen (secondary N) is 2. The van der Waals surface area contributed by atoms with Crippen LogP contribution >= 0.6 is 24.0 Å². The van der Waals surface area contributed by atoms with Gasteiger partial charge in [0, 0.05) is 39.5 Å². The molecule has 7 nitrogen and oxygen atoms in total. The Labute approximate surface area is 191 Å². The van der Waals surface area contributed by atoms with Crippen LogP contribution in [0.2, 0.25) is 0 Å². The minimum atomic E-state index is -3.21. The van der Waals surface area contributed by atoms with E-state index in [-0.39, 0.29) is 42.4 Å². The van der Waals surface area contributed by atoms with Crippen LogP contribution in [0.15, 0.2) is 23.2 Å². The predicted molar refractivity (Wildman–Crippen MR) is 127 cm³/mol. The summed E-state index contributed by atoms with van der Waals surface area (Å²) in [6.07, 6.45) is 2.09. The van der Waals surface area contributed by atoms with Gasteiger partial charge >= 0.3 is 0 Å². The monoisotopic (exact) mass is 544 g/mol. The van der Waals surface area contributed by atoms with Crippen LogP contribution < -0.4 is 10.6 Å². The number of aliphatic imine (C=N–C) groups is 1. The highest BCUT2D eigenvalue weighted by Gasteiger charge is 2.13. The molecule has 1 atom stereocenters. The van der Waals surface area contributed by atoms with Crippen LogP contribution in [0.25, 0.3) is 0 Å². The summed E-state index contributed by atoms with van der Waals surface area (Å²) in [5.41, 5.74) is 1.16. The van der Waals surface area contributed by atoms with Crippen molar-refractivity contribution in [3.63, 3.8) is 0 Å². The van der Waals surface area contributed by atoms with Gasteiger partial charge in [-0.1, -0.05) is 6.07 Å². The second kappa shape index (κ2) is 14.1. The number of benzene rings is 1. The molecule has 168 valence electrons. The van der Waals surface area contributed by atoms with Crippen LogP contribution in [0.4, 0.5) is 4.39 Å². The minimum absolute atomic E-state index is 0. The van der Waals surface area contributed by atoms with E-state index in [1.807, 2.05) is 21.0 Å². The molecule has 1 rings (SSSR count). The summed E-state index contributed by atoms with van der Waals surface area (Å²) in [4.78, 5) is 6.28. The summed E-state index contributed by atoms with van der Waals surface area (Å²) in [5.74, 6) is 0.00834. The number of sulfone groups is 1. The van der Waals surface area contributed by atoms with Gasteiger partial charge in [-0.05, 0) is 50.7 Å². The molecule has 1 aromatic rings. The Morgan fingerprint density at radius 3 is 2.52 bits per heavy atom. The molecule has 0 aromatic heterocycles. The zero-order valence-electron chi connectivity index (χ0n) is 17.9. The normalized spacial score (nSPS) is 13.1. The van der Waals surface area contributed by atoms with E-state index in [9.17, 15) is 12.8 Å². The molecule has 0 saturated heterocycles. The second-order valence-corrected chi connectivity index (χ2v) is 9.10. The van der Waals surface area contributed by atoms with Gasteiger partial charge in [0.2, 0.25) is 0 Å². The number of guanidine groups is 1. The molecule has 0 aliphatic rings. The third-order valence-corrected chi connectivity index (χ3v) is 4.89. The van der Waals surface area contributed by atoms with Crippen molar-refractivity contribution >= 4 is 39.8 Å². The summed E-state index contributed by atoms with van der Waals surface area (Å²) in [5, 5.41) is 6.33. The number of hydrogen-bond acceptors (Lipinski definition) is 5. The molecule has 0 heterocycles. The average Bonchev–Trinajstić information content (AvgIpc) is 2.60. The van der Waals surface area contributed by atoms with E-state index in [2.05, 4.69) is 20.5 Å². The highest BCUT2D eigenvalue weighted by molar-refractivity contribution is 14.0. The first-order valence-corrected chi connectivity index (χ1v) is 11.4. The predicted octanol–water partition coefficient (Wildman–Crippen LogP) is 2.01. The van der Waals surface area contributed by atoms with Gasteiger partial charge in [0.15, 0.2) is 15.8 Å². The first-order chi connectivity index (χ1) is 13.1. The van der Waals surface area contributed by atoms with Gasteiger partial charge in [0.05, 0.1) is 11.9 Å². The van der Waals surface area contributed by atoms with Gasteiger partial charge < -0.3 is 20.3 Å². The van der Waals surface area contributed by atoms with E-state index >= 15 is 0 Å². The van der Waals surface area contributed by atoms with Crippen molar-refractivity contribution < 1.29 is 17.5 Å². The van der Waals surface area contributed by atoms with E-state index in [1.54, 1.807) is 7.05 Å². The van der Waals surface area contributed by atoms with Gasteiger partial charge in [-0.2, -0.15) is 0 Å². The number of halogens is 2. The molecule has 0 bridgehead atoms. The molecule has 0 fully saturated rings. The number of rotatable bonds is 11. The first-order valence-electron chi connectivity index (χ1n) is 9.30. The topological polar surface area (TPSA) is 83.0 Å². The molecule has 2 N–H and O–H groups in total. The maximum atomic E-state index is 13.6. The van der Waals surface area contributed by atoms with E-state index in [0.29, 0.717) is 30.2 Å². The van der Waals surface area contributed by atoms with Crippen molar-refractivity contribution in [3.8, 4) is 0 Å². The van der Waals surface area contributed by atoms with Crippen molar-refractivity contribution in [3.05, 3.63) is 35.1 Å². The standard InChI is InChI=1S/C19H33FN4O3S.HI/c1-6-27-18(9-10-24(3)4)13-23-19(21-2)22-12-16-11-17(20)8-7-15(16)14-28(5,25)26;/h7-8,11,18H,6,9-10,12-14H2,1-5H3,(H2,21,22,23);1H. The van der Waals surface area contributed by atoms with Crippen LogP contribution in [0.5, 0.6) is 0 Å². The SMILES string of the molecule is CCOC(CCN(C)C)CNC(=NC)NCc1cc(F)ccc1CS(C)(=O)=O.I. The fraction of sp³-hybridized carbons (Fsp3) is 0.632. The fourth-order valence-electron chi connectivity index (χ4n) is 2.67. The zero-order chi connectivity index (χ0) is 21.2. The molecule has 0 aliphatic heterocycles. The summed E-state index contributed by atoms with van der Waals surface area (Å²) in [6.45, 7) is 4.35. The molecule has 1 aromatic carbocycles. The average molecular weight is 544 g/mol. The van der Waals surface area contributed by atoms with Crippen molar-refractivity contribution in [2.24, 2.45) is 4.99 Å². The Morgan fingerprint density at radius 1 is 1.28 bits per heavy atom. The third-order valence-electron chi connectivity index (χ3n) is 4.05. The summed E-state index contributed by atoms with van der Waals surface area (Å²) in [6, 6.07) is 4.13. The lowest BCUT2D eigenvalue weighted by Crippen LogP contribution is -2.42. The lowest BCUT2D eigenvalue weighted by atomic mass is 10.1. The van der Waals surface area contributed by atoms with Crippen molar-refractivity contribution in [1.29, 1.82) is 0 Å². The van der Waals surface area contributed by atoms with Gasteiger partial charge in [-0.15, -0.1) is 24.0 Å². The second-order valence-electron chi connectivity index (χ2n) is 6.96. The fourth-order valence-corrected chi connectivity index (χ4v) is 3.52. The Hall–Kier alpha value is -0.980. The van der Waals surface area contributed by atoms with Gasteiger partial charge in [-0.25, -0.2) is 12.8 Å². The summed E-state index contributed by atoms with van der Waals surface area (Å²) in [7, 11) is 2.47. The zero-order valence-corrected chi connectivity index (χ0v) is 21.0. The lowest BCUT2D eigenvalue weighted by molar-refractivity contribution is 0.0548. The van der Waals surface area contributed by atoms with Crippen LogP contribution in [0, 0.1) is 5.82 Å². The number of hydrogen-bond donors (Lipinski definition) is 2. The van der Waals surface area contributed by atoms with Gasteiger partial charge in [0.1, 0.15) is 5.82 Å². The first kappa shape index (κ1) is 28.0. The molecule has 10 heteroatoms. The highest BCUT2D eigenvalue weighted by Crippen LogP contribution is 2.14. The van der Waals surface area contributed by atoms with Gasteiger partial charge in [0.25, 0.3) is 0 Å². The van der Waals surface area contributed by atoms with Crippen molar-refractivity contribution in [1.82, 2.24) is 15.5 Å². The Kier molecular flexibility index (Phi) is 13.6. The Morgan fingerprint density at radius 2 is 1.97 bits per heavy atom. The van der Waals surface area contributed by atoms with E-state index in [1.165, 1.54) is 18.2 Å². The van der Waals surface area contributed by atoms with Crippen LogP contribution in [0.3, 0.4) is 0 Å². The van der Waals surface area contributed by atoms with Gasteiger partial charge in [-0.3, -0.25) is 4.99 Å². The maximum absolute atomic E-state index is 13.6. The minimum Gasteiger partial charge on any atom is -0.377 e. The molecule has 0 spiro atoms.